The lowest BCUT2D eigenvalue weighted by Crippen LogP contribution is -2.07. The summed E-state index contributed by atoms with van der Waals surface area (Å²) in [6.07, 6.45) is 0.274. The summed E-state index contributed by atoms with van der Waals surface area (Å²) in [5, 5.41) is 9.04. The Bertz CT molecular complexity index is 302. The van der Waals surface area contributed by atoms with Crippen molar-refractivity contribution in [1.29, 1.82) is 0 Å². The van der Waals surface area contributed by atoms with Crippen molar-refractivity contribution in [3.63, 3.8) is 0 Å². The first kappa shape index (κ1) is 11.3. The van der Waals surface area contributed by atoms with Crippen LogP contribution >= 0.6 is 15.9 Å². The topological polar surface area (TPSA) is 55.5 Å². The van der Waals surface area contributed by atoms with Crippen molar-refractivity contribution in [2.75, 3.05) is 12.3 Å². The number of anilines is 1. The van der Waals surface area contributed by atoms with Gasteiger partial charge in [0.05, 0.1) is 17.2 Å². The summed E-state index contributed by atoms with van der Waals surface area (Å²) in [5.74, 6) is 0.714. The van der Waals surface area contributed by atoms with Crippen LogP contribution in [-0.2, 0) is 0 Å². The van der Waals surface area contributed by atoms with Crippen LogP contribution in [0.4, 0.5) is 5.69 Å². The average molecular weight is 260 g/mol. The number of rotatable bonds is 4. The Morgan fingerprint density at radius 1 is 1.57 bits per heavy atom. The second-order valence-electron chi connectivity index (χ2n) is 3.15. The molecule has 3 nitrogen and oxygen atoms in total. The standard InChI is InChI=1S/C10H14BrNO2/c1-7(13)5-6-14-9-4-2-3-8(12)10(9)11/h2-4,7,13H,5-6,12H2,1H3. The number of hydrogen-bond acceptors (Lipinski definition) is 3. The highest BCUT2D eigenvalue weighted by Crippen LogP contribution is 2.30. The molecule has 0 spiro atoms. The summed E-state index contributed by atoms with van der Waals surface area (Å²) in [7, 11) is 0. The molecule has 78 valence electrons. The Balaban J connectivity index is 2.54. The summed E-state index contributed by atoms with van der Waals surface area (Å²) in [4.78, 5) is 0. The van der Waals surface area contributed by atoms with Crippen LogP contribution in [0.2, 0.25) is 0 Å². The monoisotopic (exact) mass is 259 g/mol. The molecule has 1 aromatic rings. The number of halogens is 1. The van der Waals surface area contributed by atoms with Gasteiger partial charge in [-0.05, 0) is 35.0 Å². The van der Waals surface area contributed by atoms with Gasteiger partial charge in [-0.15, -0.1) is 0 Å². The average Bonchev–Trinajstić information content (AvgIpc) is 2.12. The minimum atomic E-state index is -0.338. The van der Waals surface area contributed by atoms with Crippen molar-refractivity contribution in [1.82, 2.24) is 0 Å². The van der Waals surface area contributed by atoms with Gasteiger partial charge in [-0.1, -0.05) is 6.07 Å². The van der Waals surface area contributed by atoms with Gasteiger partial charge in [-0.2, -0.15) is 0 Å². The summed E-state index contributed by atoms with van der Waals surface area (Å²) in [5.41, 5.74) is 6.33. The van der Waals surface area contributed by atoms with Crippen LogP contribution in [0, 0.1) is 0 Å². The van der Waals surface area contributed by atoms with Gasteiger partial charge in [0.25, 0.3) is 0 Å². The van der Waals surface area contributed by atoms with Gasteiger partial charge in [0.2, 0.25) is 0 Å². The number of nitrogens with two attached hydrogens (primary N) is 1. The fourth-order valence-corrected chi connectivity index (χ4v) is 1.36. The van der Waals surface area contributed by atoms with Crippen molar-refractivity contribution < 1.29 is 9.84 Å². The predicted octanol–water partition coefficient (Wildman–Crippen LogP) is 2.18. The molecule has 0 amide bonds. The van der Waals surface area contributed by atoms with Crippen molar-refractivity contribution in [2.24, 2.45) is 0 Å². The maximum Gasteiger partial charge on any atom is 0.135 e. The van der Waals surface area contributed by atoms with E-state index >= 15 is 0 Å². The van der Waals surface area contributed by atoms with Crippen molar-refractivity contribution >= 4 is 21.6 Å². The van der Waals surface area contributed by atoms with E-state index < -0.39 is 0 Å². The van der Waals surface area contributed by atoms with Crippen molar-refractivity contribution in [3.05, 3.63) is 22.7 Å². The van der Waals surface area contributed by atoms with Gasteiger partial charge in [-0.25, -0.2) is 0 Å². The third kappa shape index (κ3) is 3.20. The Kier molecular flexibility index (Phi) is 4.22. The molecule has 0 saturated carbocycles. The molecular weight excluding hydrogens is 246 g/mol. The van der Waals surface area contributed by atoms with Crippen LogP contribution < -0.4 is 10.5 Å². The Morgan fingerprint density at radius 3 is 2.93 bits per heavy atom. The van der Waals surface area contributed by atoms with E-state index in [4.69, 9.17) is 15.6 Å². The molecule has 0 aliphatic heterocycles. The second-order valence-corrected chi connectivity index (χ2v) is 3.94. The smallest absolute Gasteiger partial charge is 0.135 e. The van der Waals surface area contributed by atoms with Crippen LogP contribution in [0.15, 0.2) is 22.7 Å². The largest absolute Gasteiger partial charge is 0.492 e. The van der Waals surface area contributed by atoms with Gasteiger partial charge >= 0.3 is 0 Å². The Morgan fingerprint density at radius 2 is 2.29 bits per heavy atom. The van der Waals surface area contributed by atoms with E-state index in [1.165, 1.54) is 0 Å². The predicted molar refractivity (Wildman–Crippen MR) is 60.3 cm³/mol. The number of aliphatic hydroxyl groups is 1. The zero-order chi connectivity index (χ0) is 10.6. The summed E-state index contributed by atoms with van der Waals surface area (Å²) in [6, 6.07) is 5.46. The highest BCUT2D eigenvalue weighted by atomic mass is 79.9. The molecule has 0 fully saturated rings. The van der Waals surface area contributed by atoms with E-state index in [0.29, 0.717) is 24.5 Å². The fraction of sp³-hybridized carbons (Fsp3) is 0.400. The number of aliphatic hydroxyl groups excluding tert-OH is 1. The third-order valence-corrected chi connectivity index (χ3v) is 2.63. The summed E-state index contributed by atoms with van der Waals surface area (Å²) in [6.45, 7) is 2.22. The molecule has 1 aromatic carbocycles. The Labute approximate surface area is 92.0 Å². The molecule has 0 aliphatic carbocycles. The van der Waals surface area contributed by atoms with Gasteiger partial charge in [0, 0.05) is 12.1 Å². The lowest BCUT2D eigenvalue weighted by atomic mass is 10.3. The molecule has 0 heterocycles. The highest BCUT2D eigenvalue weighted by Gasteiger charge is 2.04. The minimum absolute atomic E-state index is 0.338. The molecule has 0 saturated heterocycles. The molecule has 1 atom stereocenters. The van der Waals surface area contributed by atoms with Crippen LogP contribution in [0.5, 0.6) is 5.75 Å². The first-order chi connectivity index (χ1) is 6.61. The van der Waals surface area contributed by atoms with Crippen molar-refractivity contribution in [2.45, 2.75) is 19.4 Å². The number of benzene rings is 1. The van der Waals surface area contributed by atoms with Crippen LogP contribution in [0.1, 0.15) is 13.3 Å². The van der Waals surface area contributed by atoms with Gasteiger partial charge in [-0.3, -0.25) is 0 Å². The van der Waals surface area contributed by atoms with Crippen LogP contribution in [0.25, 0.3) is 0 Å². The van der Waals surface area contributed by atoms with Crippen molar-refractivity contribution in [3.8, 4) is 5.75 Å². The van der Waals surface area contributed by atoms with E-state index in [-0.39, 0.29) is 6.10 Å². The molecule has 1 rings (SSSR count). The molecule has 1 unspecified atom stereocenters. The van der Waals surface area contributed by atoms with Gasteiger partial charge < -0.3 is 15.6 Å². The first-order valence-corrected chi connectivity index (χ1v) is 5.25. The lowest BCUT2D eigenvalue weighted by molar-refractivity contribution is 0.155. The maximum atomic E-state index is 9.04. The normalized spacial score (nSPS) is 12.5. The molecule has 3 N–H and O–H groups in total. The molecular formula is C10H14BrNO2. The zero-order valence-electron chi connectivity index (χ0n) is 8.03. The SMILES string of the molecule is CC(O)CCOc1cccc(N)c1Br. The quantitative estimate of drug-likeness (QED) is 0.816. The lowest BCUT2D eigenvalue weighted by Gasteiger charge is -2.10. The molecule has 4 heteroatoms. The third-order valence-electron chi connectivity index (χ3n) is 1.79. The molecule has 14 heavy (non-hydrogen) atoms. The summed E-state index contributed by atoms with van der Waals surface area (Å²) < 4.78 is 6.21. The molecule has 0 aromatic heterocycles. The van der Waals surface area contributed by atoms with E-state index in [0.717, 1.165) is 4.47 Å². The van der Waals surface area contributed by atoms with Gasteiger partial charge in [0.15, 0.2) is 0 Å². The van der Waals surface area contributed by atoms with E-state index in [2.05, 4.69) is 15.9 Å². The van der Waals surface area contributed by atoms with E-state index in [1.807, 2.05) is 12.1 Å². The number of nitrogen functional groups attached to an aromatic ring is 1. The minimum Gasteiger partial charge on any atom is -0.492 e. The fourth-order valence-electron chi connectivity index (χ4n) is 0.979. The van der Waals surface area contributed by atoms with Crippen LogP contribution in [0.3, 0.4) is 0 Å². The zero-order valence-corrected chi connectivity index (χ0v) is 9.62. The molecule has 0 bridgehead atoms. The highest BCUT2D eigenvalue weighted by molar-refractivity contribution is 9.10. The summed E-state index contributed by atoms with van der Waals surface area (Å²) >= 11 is 3.33. The van der Waals surface area contributed by atoms with Gasteiger partial charge in [0.1, 0.15) is 5.75 Å². The second kappa shape index (κ2) is 5.22. The number of ether oxygens (including phenoxy) is 1. The van der Waals surface area contributed by atoms with Crippen LogP contribution in [-0.4, -0.2) is 17.8 Å². The first-order valence-electron chi connectivity index (χ1n) is 4.46. The molecule has 0 radical (unpaired) electrons. The van der Waals surface area contributed by atoms with E-state index in [9.17, 15) is 0 Å². The number of hydrogen-bond donors (Lipinski definition) is 2. The maximum absolute atomic E-state index is 9.04. The molecule has 0 aliphatic rings. The van der Waals surface area contributed by atoms with E-state index in [1.54, 1.807) is 13.0 Å². The Hall–Kier alpha value is -0.740.